The molecule has 0 saturated heterocycles. The van der Waals surface area contributed by atoms with E-state index in [9.17, 15) is 9.18 Å². The number of aliphatic imine (C=N–C) groups is 1. The van der Waals surface area contributed by atoms with E-state index in [1.54, 1.807) is 19.2 Å². The summed E-state index contributed by atoms with van der Waals surface area (Å²) in [6.45, 7) is 3.63. The van der Waals surface area contributed by atoms with Gasteiger partial charge in [-0.05, 0) is 44.0 Å². The van der Waals surface area contributed by atoms with Gasteiger partial charge in [-0.15, -0.1) is 24.0 Å². The Kier molecular flexibility index (Phi) is 9.54. The molecular weight excluding hydrogens is 438 g/mol. The molecule has 1 fully saturated rings. The van der Waals surface area contributed by atoms with E-state index in [1.165, 1.54) is 12.1 Å². The van der Waals surface area contributed by atoms with Crippen molar-refractivity contribution in [2.24, 2.45) is 10.9 Å². The van der Waals surface area contributed by atoms with Crippen molar-refractivity contribution in [3.05, 3.63) is 30.1 Å². The molecule has 8 heteroatoms. The highest BCUT2D eigenvalue weighted by molar-refractivity contribution is 14.0. The van der Waals surface area contributed by atoms with Crippen LogP contribution in [0.5, 0.6) is 5.75 Å². The van der Waals surface area contributed by atoms with Gasteiger partial charge in [0.05, 0.1) is 6.54 Å². The SMILES string of the molecule is CN=C(NCCNC(=O)C1CC1)NCC(C)Oc1ccc(F)cc1.I. The van der Waals surface area contributed by atoms with Crippen LogP contribution >= 0.6 is 24.0 Å². The Hall–Kier alpha value is -1.58. The van der Waals surface area contributed by atoms with Crippen LogP contribution in [0.4, 0.5) is 4.39 Å². The van der Waals surface area contributed by atoms with Crippen LogP contribution in [0.3, 0.4) is 0 Å². The highest BCUT2D eigenvalue weighted by atomic mass is 127. The fraction of sp³-hybridized carbons (Fsp3) is 0.529. The molecule has 1 unspecified atom stereocenters. The van der Waals surface area contributed by atoms with Crippen LogP contribution in [0.1, 0.15) is 19.8 Å². The first-order chi connectivity index (χ1) is 11.6. The Labute approximate surface area is 165 Å². The van der Waals surface area contributed by atoms with Crippen molar-refractivity contribution in [2.45, 2.75) is 25.9 Å². The Bertz CT molecular complexity index is 564. The van der Waals surface area contributed by atoms with Gasteiger partial charge in [-0.2, -0.15) is 0 Å². The summed E-state index contributed by atoms with van der Waals surface area (Å²) in [5.74, 6) is 1.35. The number of hydrogen-bond acceptors (Lipinski definition) is 3. The van der Waals surface area contributed by atoms with E-state index in [-0.39, 0.29) is 47.7 Å². The van der Waals surface area contributed by atoms with Crippen molar-refractivity contribution >= 4 is 35.8 Å². The maximum Gasteiger partial charge on any atom is 0.223 e. The second-order valence-corrected chi connectivity index (χ2v) is 5.83. The fourth-order valence-corrected chi connectivity index (χ4v) is 2.10. The van der Waals surface area contributed by atoms with Crippen molar-refractivity contribution < 1.29 is 13.9 Å². The zero-order valence-corrected chi connectivity index (χ0v) is 16.9. The lowest BCUT2D eigenvalue weighted by Crippen LogP contribution is -2.44. The predicted molar refractivity (Wildman–Crippen MR) is 107 cm³/mol. The molecule has 1 saturated carbocycles. The molecule has 0 aliphatic heterocycles. The minimum atomic E-state index is -0.286. The number of amides is 1. The number of nitrogens with zero attached hydrogens (tertiary/aromatic N) is 1. The van der Waals surface area contributed by atoms with Crippen molar-refractivity contribution in [3.8, 4) is 5.75 Å². The van der Waals surface area contributed by atoms with Gasteiger partial charge in [0, 0.05) is 26.1 Å². The molecule has 1 aromatic carbocycles. The van der Waals surface area contributed by atoms with Gasteiger partial charge in [0.1, 0.15) is 17.7 Å². The second kappa shape index (κ2) is 11.1. The van der Waals surface area contributed by atoms with E-state index in [0.29, 0.717) is 31.3 Å². The summed E-state index contributed by atoms with van der Waals surface area (Å²) in [6, 6.07) is 5.93. The first-order valence-corrected chi connectivity index (χ1v) is 8.23. The van der Waals surface area contributed by atoms with E-state index in [0.717, 1.165) is 12.8 Å². The third-order valence-corrected chi connectivity index (χ3v) is 3.60. The minimum Gasteiger partial charge on any atom is -0.489 e. The van der Waals surface area contributed by atoms with Gasteiger partial charge in [-0.3, -0.25) is 9.79 Å². The van der Waals surface area contributed by atoms with E-state index in [1.807, 2.05) is 6.92 Å². The lowest BCUT2D eigenvalue weighted by Gasteiger charge is -2.18. The van der Waals surface area contributed by atoms with Crippen molar-refractivity contribution in [3.63, 3.8) is 0 Å². The molecule has 0 heterocycles. The van der Waals surface area contributed by atoms with E-state index >= 15 is 0 Å². The van der Waals surface area contributed by atoms with Crippen LogP contribution in [0.2, 0.25) is 0 Å². The molecule has 1 amide bonds. The van der Waals surface area contributed by atoms with Gasteiger partial charge < -0.3 is 20.7 Å². The molecular formula is C17H26FIN4O2. The quantitative estimate of drug-likeness (QED) is 0.238. The van der Waals surface area contributed by atoms with E-state index in [4.69, 9.17) is 4.74 Å². The number of hydrogen-bond donors (Lipinski definition) is 3. The number of guanidine groups is 1. The van der Waals surface area contributed by atoms with E-state index in [2.05, 4.69) is 20.9 Å². The maximum absolute atomic E-state index is 12.9. The molecule has 3 N–H and O–H groups in total. The zero-order chi connectivity index (χ0) is 17.4. The summed E-state index contributed by atoms with van der Waals surface area (Å²) in [7, 11) is 1.68. The van der Waals surface area contributed by atoms with Crippen LogP contribution in [0, 0.1) is 11.7 Å². The number of carbonyl (C=O) groups is 1. The standard InChI is InChI=1S/C17H25FN4O2.HI/c1-12(24-15-7-5-14(18)6-8-15)11-22-17(19-2)21-10-9-20-16(23)13-3-4-13;/h5-8,12-13H,3-4,9-11H2,1-2H3,(H,20,23)(H2,19,21,22);1H. The van der Waals surface area contributed by atoms with Crippen molar-refractivity contribution in [1.29, 1.82) is 0 Å². The smallest absolute Gasteiger partial charge is 0.223 e. The van der Waals surface area contributed by atoms with Crippen LogP contribution in [-0.4, -0.2) is 44.7 Å². The molecule has 0 bridgehead atoms. The molecule has 1 aliphatic carbocycles. The monoisotopic (exact) mass is 464 g/mol. The van der Waals surface area contributed by atoms with Crippen LogP contribution in [0.25, 0.3) is 0 Å². The zero-order valence-electron chi connectivity index (χ0n) is 14.5. The number of ether oxygens (including phenoxy) is 1. The highest BCUT2D eigenvalue weighted by Gasteiger charge is 2.28. The lowest BCUT2D eigenvalue weighted by atomic mass is 10.3. The average molecular weight is 464 g/mol. The third-order valence-electron chi connectivity index (χ3n) is 3.60. The minimum absolute atomic E-state index is 0. The molecule has 140 valence electrons. The van der Waals surface area contributed by atoms with Crippen LogP contribution in [0.15, 0.2) is 29.3 Å². The first-order valence-electron chi connectivity index (χ1n) is 8.23. The molecule has 2 rings (SSSR count). The predicted octanol–water partition coefficient (Wildman–Crippen LogP) is 1.90. The summed E-state index contributed by atoms with van der Waals surface area (Å²) in [6.07, 6.45) is 1.91. The van der Waals surface area contributed by atoms with Gasteiger partial charge in [-0.1, -0.05) is 0 Å². The number of carbonyl (C=O) groups excluding carboxylic acids is 1. The Morgan fingerprint density at radius 3 is 2.48 bits per heavy atom. The van der Waals surface area contributed by atoms with Gasteiger partial charge in [0.15, 0.2) is 5.96 Å². The van der Waals surface area contributed by atoms with Gasteiger partial charge in [0.25, 0.3) is 0 Å². The maximum atomic E-state index is 12.9. The Morgan fingerprint density at radius 1 is 1.24 bits per heavy atom. The molecule has 1 aromatic rings. The first kappa shape index (κ1) is 21.5. The Morgan fingerprint density at radius 2 is 1.88 bits per heavy atom. The number of rotatable bonds is 8. The second-order valence-electron chi connectivity index (χ2n) is 5.83. The van der Waals surface area contributed by atoms with E-state index < -0.39 is 0 Å². The molecule has 0 aromatic heterocycles. The molecule has 1 aliphatic rings. The van der Waals surface area contributed by atoms with Crippen LogP contribution < -0.4 is 20.7 Å². The normalized spacial score (nSPS) is 14.9. The summed E-state index contributed by atoms with van der Waals surface area (Å²) in [4.78, 5) is 15.6. The highest BCUT2D eigenvalue weighted by Crippen LogP contribution is 2.28. The van der Waals surface area contributed by atoms with Crippen LogP contribution in [-0.2, 0) is 4.79 Å². The van der Waals surface area contributed by atoms with Crippen molar-refractivity contribution in [2.75, 3.05) is 26.7 Å². The van der Waals surface area contributed by atoms with Gasteiger partial charge >= 0.3 is 0 Å². The fourth-order valence-electron chi connectivity index (χ4n) is 2.10. The molecule has 25 heavy (non-hydrogen) atoms. The summed E-state index contributed by atoms with van der Waals surface area (Å²) in [5.41, 5.74) is 0. The summed E-state index contributed by atoms with van der Waals surface area (Å²) < 4.78 is 18.5. The number of benzene rings is 1. The lowest BCUT2D eigenvalue weighted by molar-refractivity contribution is -0.122. The third kappa shape index (κ3) is 8.37. The van der Waals surface area contributed by atoms with Gasteiger partial charge in [-0.25, -0.2) is 4.39 Å². The topological polar surface area (TPSA) is 74.8 Å². The van der Waals surface area contributed by atoms with Gasteiger partial charge in [0.2, 0.25) is 5.91 Å². The molecule has 0 spiro atoms. The molecule has 0 radical (unpaired) electrons. The molecule has 1 atom stereocenters. The summed E-state index contributed by atoms with van der Waals surface area (Å²) in [5, 5.41) is 9.17. The van der Waals surface area contributed by atoms with Crippen molar-refractivity contribution in [1.82, 2.24) is 16.0 Å². The number of nitrogens with one attached hydrogen (secondary N) is 3. The molecule has 6 nitrogen and oxygen atoms in total. The number of halogens is 2. The summed E-state index contributed by atoms with van der Waals surface area (Å²) >= 11 is 0. The Balaban J connectivity index is 0.00000312. The largest absolute Gasteiger partial charge is 0.489 e. The average Bonchev–Trinajstić information content (AvgIpc) is 3.41.